The topological polar surface area (TPSA) is 164 Å². The minimum atomic E-state index is -5.29. The van der Waals surface area contributed by atoms with Crippen molar-refractivity contribution in [3.8, 4) is 0 Å². The monoisotopic (exact) mass is 259 g/mol. The fourth-order valence-corrected chi connectivity index (χ4v) is 1.36. The van der Waals surface area contributed by atoms with Crippen LogP contribution >= 0.6 is 0 Å². The van der Waals surface area contributed by atoms with Gasteiger partial charge in [0.2, 0.25) is 10.4 Å². The van der Waals surface area contributed by atoms with E-state index in [0.717, 1.165) is 0 Å². The molecule has 0 spiro atoms. The average molecular weight is 259 g/mol. The maximum absolute atomic E-state index is 10.2. The van der Waals surface area contributed by atoms with Crippen LogP contribution in [0.1, 0.15) is 0 Å². The van der Waals surface area contributed by atoms with Crippen LogP contribution in [0.2, 0.25) is 0 Å². The van der Waals surface area contributed by atoms with Gasteiger partial charge in [0.15, 0.2) is 6.29 Å². The zero-order chi connectivity index (χ0) is 12.9. The summed E-state index contributed by atoms with van der Waals surface area (Å²) in [6, 6.07) is 0. The van der Waals surface area contributed by atoms with Crippen LogP contribution in [0.15, 0.2) is 0 Å². The van der Waals surface area contributed by atoms with Crippen LogP contribution in [-0.4, -0.2) is 70.7 Å². The molecular formula is C6H11O9S-. The van der Waals surface area contributed by atoms with Gasteiger partial charge in [-0.3, -0.25) is 4.18 Å². The lowest BCUT2D eigenvalue weighted by molar-refractivity contribution is -0.132. The molecule has 0 aliphatic rings. The van der Waals surface area contributed by atoms with Crippen molar-refractivity contribution >= 4 is 16.7 Å². The second-order valence-corrected chi connectivity index (χ2v) is 3.85. The maximum atomic E-state index is 10.2. The van der Waals surface area contributed by atoms with E-state index in [0.29, 0.717) is 0 Å². The second-order valence-electron chi connectivity index (χ2n) is 2.84. The molecule has 9 nitrogen and oxygen atoms in total. The number of hydrogen-bond donors (Lipinski definition) is 4. The molecule has 0 heterocycles. The molecule has 0 aromatic rings. The van der Waals surface area contributed by atoms with Crippen LogP contribution in [0.25, 0.3) is 0 Å². The van der Waals surface area contributed by atoms with Crippen LogP contribution in [0.5, 0.6) is 0 Å². The summed E-state index contributed by atoms with van der Waals surface area (Å²) in [7, 11) is -5.29. The summed E-state index contributed by atoms with van der Waals surface area (Å²) in [5, 5.41) is 35.5. The molecule has 0 aromatic heterocycles. The van der Waals surface area contributed by atoms with Gasteiger partial charge in [-0.2, -0.15) is 0 Å². The molecule has 0 bridgehead atoms. The fraction of sp³-hybridized carbons (Fsp3) is 0.833. The van der Waals surface area contributed by atoms with E-state index in [4.69, 9.17) is 15.3 Å². The van der Waals surface area contributed by atoms with Gasteiger partial charge in [0.25, 0.3) is 0 Å². The van der Waals surface area contributed by atoms with Crippen LogP contribution in [0.3, 0.4) is 0 Å². The summed E-state index contributed by atoms with van der Waals surface area (Å²) in [6.45, 7) is -0.981. The first kappa shape index (κ1) is 15.4. The Hall–Kier alpha value is -0.620. The lowest BCUT2D eigenvalue weighted by atomic mass is 10.0. The lowest BCUT2D eigenvalue weighted by Gasteiger charge is -2.27. The largest absolute Gasteiger partial charge is 0.726 e. The van der Waals surface area contributed by atoms with Gasteiger partial charge in [-0.05, 0) is 0 Å². The third kappa shape index (κ3) is 4.94. The predicted molar refractivity (Wildman–Crippen MR) is 45.7 cm³/mol. The molecule has 0 unspecified atom stereocenters. The van der Waals surface area contributed by atoms with E-state index in [-0.39, 0.29) is 6.29 Å². The Balaban J connectivity index is 4.87. The van der Waals surface area contributed by atoms with E-state index in [9.17, 15) is 22.9 Å². The van der Waals surface area contributed by atoms with Gasteiger partial charge < -0.3 is 29.8 Å². The zero-order valence-electron chi connectivity index (χ0n) is 7.83. The zero-order valence-corrected chi connectivity index (χ0v) is 8.65. The summed E-state index contributed by atoms with van der Waals surface area (Å²) in [5.74, 6) is 0. The van der Waals surface area contributed by atoms with Crippen LogP contribution in [0, 0.1) is 0 Å². The van der Waals surface area contributed by atoms with Crippen molar-refractivity contribution in [1.29, 1.82) is 0 Å². The van der Waals surface area contributed by atoms with Gasteiger partial charge >= 0.3 is 0 Å². The molecule has 0 saturated heterocycles. The quantitative estimate of drug-likeness (QED) is 0.203. The Bertz CT molecular complexity index is 312. The van der Waals surface area contributed by atoms with Crippen molar-refractivity contribution in [2.45, 2.75) is 24.4 Å². The molecule has 0 fully saturated rings. The Morgan fingerprint density at radius 2 is 1.81 bits per heavy atom. The van der Waals surface area contributed by atoms with Crippen LogP contribution < -0.4 is 0 Å². The molecule has 96 valence electrons. The molecule has 4 atom stereocenters. The van der Waals surface area contributed by atoms with Gasteiger partial charge in [0.1, 0.15) is 24.4 Å². The van der Waals surface area contributed by atoms with Crippen LogP contribution in [0.4, 0.5) is 0 Å². The van der Waals surface area contributed by atoms with Gasteiger partial charge in [-0.1, -0.05) is 0 Å². The molecule has 4 N–H and O–H groups in total. The maximum Gasteiger partial charge on any atom is 0.218 e. The molecule has 0 amide bonds. The third-order valence-corrected chi connectivity index (χ3v) is 2.08. The Morgan fingerprint density at radius 3 is 2.12 bits per heavy atom. The molecule has 0 aliphatic carbocycles. The summed E-state index contributed by atoms with van der Waals surface area (Å²) in [6.07, 6.45) is -8.50. The molecule has 0 saturated carbocycles. The van der Waals surface area contributed by atoms with E-state index < -0.39 is 41.4 Å². The molecule has 0 aromatic carbocycles. The van der Waals surface area contributed by atoms with Crippen molar-refractivity contribution in [2.24, 2.45) is 0 Å². The van der Waals surface area contributed by atoms with Gasteiger partial charge in [0.05, 0.1) is 6.61 Å². The summed E-state index contributed by atoms with van der Waals surface area (Å²) in [4.78, 5) is 10.2. The van der Waals surface area contributed by atoms with Crippen molar-refractivity contribution in [1.82, 2.24) is 0 Å². The highest BCUT2D eigenvalue weighted by Crippen LogP contribution is 2.11. The SMILES string of the molecule is O=C[C@H](O)[C@@H](OS(=O)(=O)[O-])[C@H](O)[C@H](O)CO. The highest BCUT2D eigenvalue weighted by molar-refractivity contribution is 7.80. The first-order valence-electron chi connectivity index (χ1n) is 3.97. The lowest BCUT2D eigenvalue weighted by Crippen LogP contribution is -2.48. The molecule has 0 radical (unpaired) electrons. The molecule has 16 heavy (non-hydrogen) atoms. The van der Waals surface area contributed by atoms with E-state index >= 15 is 0 Å². The highest BCUT2D eigenvalue weighted by atomic mass is 32.3. The van der Waals surface area contributed by atoms with Crippen LogP contribution in [-0.2, 0) is 19.4 Å². The van der Waals surface area contributed by atoms with Crippen molar-refractivity contribution < 1.29 is 42.4 Å². The standard InChI is InChI=1S/C6H12O9S/c7-1-3(9)5(11)6(4(10)2-8)15-16(12,13)14/h2-7,9-11H,1H2,(H,12,13,14)/p-1/t3-,4+,5-,6-/m1/s1. The minimum Gasteiger partial charge on any atom is -0.726 e. The fourth-order valence-electron chi connectivity index (χ4n) is 0.856. The first-order valence-corrected chi connectivity index (χ1v) is 5.30. The Labute approximate surface area is 90.9 Å². The second kappa shape index (κ2) is 6.20. The number of aldehydes is 1. The molecule has 0 rings (SSSR count). The van der Waals surface area contributed by atoms with Crippen molar-refractivity contribution in [2.75, 3.05) is 6.61 Å². The van der Waals surface area contributed by atoms with E-state index in [2.05, 4.69) is 4.18 Å². The summed E-state index contributed by atoms with van der Waals surface area (Å²) >= 11 is 0. The number of rotatable bonds is 7. The number of carbonyl (C=O) groups excluding carboxylic acids is 1. The summed E-state index contributed by atoms with van der Waals surface area (Å²) in [5.41, 5.74) is 0. The Morgan fingerprint density at radius 1 is 1.31 bits per heavy atom. The number of aliphatic hydroxyl groups is 4. The van der Waals surface area contributed by atoms with E-state index in [1.807, 2.05) is 0 Å². The summed E-state index contributed by atoms with van der Waals surface area (Å²) < 4.78 is 34.3. The van der Waals surface area contributed by atoms with Crippen molar-refractivity contribution in [3.05, 3.63) is 0 Å². The number of hydrogen-bond acceptors (Lipinski definition) is 9. The van der Waals surface area contributed by atoms with E-state index in [1.165, 1.54) is 0 Å². The first-order chi connectivity index (χ1) is 7.22. The smallest absolute Gasteiger partial charge is 0.218 e. The number of carbonyl (C=O) groups is 1. The molecule has 0 aliphatic heterocycles. The third-order valence-electron chi connectivity index (χ3n) is 1.62. The predicted octanol–water partition coefficient (Wildman–Crippen LogP) is -3.89. The van der Waals surface area contributed by atoms with Gasteiger partial charge in [0, 0.05) is 0 Å². The minimum absolute atomic E-state index is 0.191. The van der Waals surface area contributed by atoms with Crippen molar-refractivity contribution in [3.63, 3.8) is 0 Å². The Kier molecular flexibility index (Phi) is 5.96. The van der Waals surface area contributed by atoms with E-state index in [1.54, 1.807) is 0 Å². The molecular weight excluding hydrogens is 248 g/mol. The number of aliphatic hydroxyl groups excluding tert-OH is 4. The highest BCUT2D eigenvalue weighted by Gasteiger charge is 2.34. The molecule has 10 heteroatoms. The van der Waals surface area contributed by atoms with Gasteiger partial charge in [-0.25, -0.2) is 8.42 Å². The average Bonchev–Trinajstić information content (AvgIpc) is 2.21. The normalized spacial score (nSPS) is 19.8. The van der Waals surface area contributed by atoms with Gasteiger partial charge in [-0.15, -0.1) is 0 Å².